The number of nitrogens with zero attached hydrogens (tertiary/aromatic N) is 4. The van der Waals surface area contributed by atoms with Crippen LogP contribution in [-0.2, 0) is 20.9 Å². The molecule has 39 heavy (non-hydrogen) atoms. The number of aryl methyl sites for hydroxylation is 1. The molecule has 3 rings (SSSR count). The van der Waals surface area contributed by atoms with Crippen molar-refractivity contribution in [2.24, 2.45) is 5.11 Å². The van der Waals surface area contributed by atoms with E-state index >= 15 is 0 Å². The molecule has 1 heterocycles. The van der Waals surface area contributed by atoms with E-state index in [1.807, 2.05) is 6.92 Å². The van der Waals surface area contributed by atoms with Gasteiger partial charge in [0.1, 0.15) is 0 Å². The monoisotopic (exact) mass is 572 g/mol. The molecule has 3 aromatic rings. The second-order valence-corrected chi connectivity index (χ2v) is 18.7. The summed E-state index contributed by atoms with van der Waals surface area (Å²) in [5, 5.41) is 25.9. The first-order valence-electron chi connectivity index (χ1n) is 13.0. The predicted octanol–water partition coefficient (Wildman–Crippen LogP) is 6.23. The van der Waals surface area contributed by atoms with Crippen molar-refractivity contribution in [1.82, 2.24) is 3.97 Å². The van der Waals surface area contributed by atoms with Crippen LogP contribution in [0.4, 0.5) is 0 Å². The van der Waals surface area contributed by atoms with Crippen molar-refractivity contribution in [2.45, 2.75) is 88.7 Å². The first kappa shape index (κ1) is 30.9. The highest BCUT2D eigenvalue weighted by molar-refractivity contribution is 7.90. The van der Waals surface area contributed by atoms with Gasteiger partial charge in [0, 0.05) is 23.1 Å². The van der Waals surface area contributed by atoms with Gasteiger partial charge in [-0.3, -0.25) is 0 Å². The molecule has 0 saturated heterocycles. The number of rotatable bonds is 10. The fourth-order valence-electron chi connectivity index (χ4n) is 4.20. The predicted molar refractivity (Wildman–Crippen MR) is 157 cm³/mol. The van der Waals surface area contributed by atoms with Crippen LogP contribution in [0, 0.1) is 6.92 Å². The quantitative estimate of drug-likeness (QED) is 0.128. The van der Waals surface area contributed by atoms with Crippen molar-refractivity contribution >= 4 is 29.2 Å². The molecule has 0 aliphatic carbocycles. The van der Waals surface area contributed by atoms with Gasteiger partial charge < -0.3 is 14.6 Å². The van der Waals surface area contributed by atoms with Gasteiger partial charge >= 0.3 is 0 Å². The average Bonchev–Trinajstić information content (AvgIpc) is 3.21. The van der Waals surface area contributed by atoms with Crippen molar-refractivity contribution in [3.05, 3.63) is 75.8 Å². The third-order valence-electron chi connectivity index (χ3n) is 7.64. The molecule has 0 unspecified atom stereocenters. The molecular weight excluding hydrogens is 532 g/mol. The largest absolute Gasteiger partial charge is 0.416 e. The number of benzene rings is 2. The Labute approximate surface area is 232 Å². The maximum atomic E-state index is 13.8. The molecule has 0 fully saturated rings. The number of azide groups is 1. The van der Waals surface area contributed by atoms with Gasteiger partial charge in [-0.05, 0) is 80.2 Å². The average molecular weight is 573 g/mol. The molecule has 0 aliphatic rings. The third-order valence-corrected chi connectivity index (χ3v) is 13.9. The van der Waals surface area contributed by atoms with Crippen LogP contribution in [0.15, 0.2) is 58.7 Å². The van der Waals surface area contributed by atoms with Crippen LogP contribution in [0.1, 0.15) is 57.4 Å². The maximum absolute atomic E-state index is 13.8. The van der Waals surface area contributed by atoms with Gasteiger partial charge in [0.25, 0.3) is 10.0 Å². The van der Waals surface area contributed by atoms with Gasteiger partial charge in [-0.15, -0.1) is 0 Å². The number of hydrogen-bond donors (Lipinski definition) is 2. The zero-order valence-electron chi connectivity index (χ0n) is 24.0. The molecule has 212 valence electrons. The Kier molecular flexibility index (Phi) is 8.77. The summed E-state index contributed by atoms with van der Waals surface area (Å²) in [6.07, 6.45) is 0.549. The summed E-state index contributed by atoms with van der Waals surface area (Å²) in [5.74, 6) is 0. The first-order valence-corrected chi connectivity index (χ1v) is 17.3. The van der Waals surface area contributed by atoms with Gasteiger partial charge in [-0.1, -0.05) is 55.7 Å². The number of aromatic nitrogens is 1. The number of aliphatic hydroxyl groups is 2. The molecule has 2 N–H and O–H groups in total. The van der Waals surface area contributed by atoms with Crippen LogP contribution in [0.25, 0.3) is 21.3 Å². The molecule has 2 atom stereocenters. The number of aliphatic hydroxyl groups excluding tert-OH is 1. The molecule has 1 aromatic heterocycles. The van der Waals surface area contributed by atoms with E-state index < -0.39 is 36.1 Å². The second-order valence-electron chi connectivity index (χ2n) is 12.1. The summed E-state index contributed by atoms with van der Waals surface area (Å²) in [7, 11) is -6.04. The lowest BCUT2D eigenvalue weighted by Gasteiger charge is -2.36. The molecule has 9 nitrogen and oxygen atoms in total. The second kappa shape index (κ2) is 11.1. The minimum atomic E-state index is -3.97. The van der Waals surface area contributed by atoms with E-state index in [0.717, 1.165) is 5.56 Å². The summed E-state index contributed by atoms with van der Waals surface area (Å²) in [4.78, 5) is 3.07. The Hall–Kier alpha value is -2.66. The summed E-state index contributed by atoms with van der Waals surface area (Å²) in [5.41, 5.74) is 10.2. The summed E-state index contributed by atoms with van der Waals surface area (Å²) >= 11 is 0. The van der Waals surface area contributed by atoms with E-state index in [4.69, 9.17) is 4.43 Å². The highest BCUT2D eigenvalue weighted by atomic mass is 32.2. The molecule has 0 amide bonds. The van der Waals surface area contributed by atoms with E-state index in [9.17, 15) is 24.2 Å². The lowest BCUT2D eigenvalue weighted by Crippen LogP contribution is -2.41. The van der Waals surface area contributed by atoms with Crippen LogP contribution in [-0.4, -0.2) is 49.2 Å². The standard InChI is InChI=1S/C28H40N4O5SSi/c1-19-12-14-21(15-13-19)38(35,36)32-18-20(16-17-37-39(7,8)27(2,3)4)24-22(10-9-11-23(24)32)25(30-31-29)26(33)28(5,6)34/h9-15,18,25-26,33-34H,16-17H2,1-8H3/t25-,26-/m0/s1. The Morgan fingerprint density at radius 1 is 1.10 bits per heavy atom. The van der Waals surface area contributed by atoms with E-state index in [1.54, 1.807) is 48.7 Å². The van der Waals surface area contributed by atoms with Crippen LogP contribution in [0.5, 0.6) is 0 Å². The highest BCUT2D eigenvalue weighted by Gasteiger charge is 2.38. The van der Waals surface area contributed by atoms with E-state index in [-0.39, 0.29) is 9.93 Å². The molecule has 0 aliphatic heterocycles. The normalized spacial score (nSPS) is 14.7. The molecular formula is C28H40N4O5SSi. The minimum absolute atomic E-state index is 0.00433. The molecule has 11 heteroatoms. The minimum Gasteiger partial charge on any atom is -0.416 e. The molecule has 0 bridgehead atoms. The van der Waals surface area contributed by atoms with Crippen LogP contribution in [0.3, 0.4) is 0 Å². The summed E-state index contributed by atoms with van der Waals surface area (Å²) in [6.45, 7) is 15.9. The molecule has 0 radical (unpaired) electrons. The Morgan fingerprint density at radius 3 is 2.26 bits per heavy atom. The van der Waals surface area contributed by atoms with E-state index in [1.165, 1.54) is 17.8 Å². The van der Waals surface area contributed by atoms with Crippen molar-refractivity contribution in [1.29, 1.82) is 0 Å². The number of fused-ring (bicyclic) bond motifs is 1. The maximum Gasteiger partial charge on any atom is 0.268 e. The van der Waals surface area contributed by atoms with Gasteiger partial charge in [0.15, 0.2) is 8.32 Å². The summed E-state index contributed by atoms with van der Waals surface area (Å²) in [6, 6.07) is 10.5. The SMILES string of the molecule is Cc1ccc(S(=O)(=O)n2cc(CCO[Si](C)(C)C(C)(C)C)c3c([C@H](N=[N+]=[N-])[C@H](O)C(C)(C)O)cccc32)cc1. The van der Waals surface area contributed by atoms with Crippen molar-refractivity contribution in [2.75, 3.05) is 6.61 Å². The van der Waals surface area contributed by atoms with E-state index in [2.05, 4.69) is 43.9 Å². The van der Waals surface area contributed by atoms with Crippen LogP contribution in [0.2, 0.25) is 18.1 Å². The Balaban J connectivity index is 2.24. The van der Waals surface area contributed by atoms with Crippen LogP contribution >= 0.6 is 0 Å². The number of hydrogen-bond acceptors (Lipinski definition) is 6. The van der Waals surface area contributed by atoms with Crippen LogP contribution < -0.4 is 0 Å². The summed E-state index contributed by atoms with van der Waals surface area (Å²) < 4.78 is 35.2. The zero-order chi connectivity index (χ0) is 29.4. The zero-order valence-corrected chi connectivity index (χ0v) is 25.8. The van der Waals surface area contributed by atoms with Gasteiger partial charge in [0.05, 0.1) is 28.2 Å². The highest BCUT2D eigenvalue weighted by Crippen LogP contribution is 2.39. The van der Waals surface area contributed by atoms with Crippen molar-refractivity contribution in [3.63, 3.8) is 0 Å². The molecule has 0 spiro atoms. The smallest absolute Gasteiger partial charge is 0.268 e. The van der Waals surface area contributed by atoms with Gasteiger partial charge in [0.2, 0.25) is 0 Å². The fourth-order valence-corrected chi connectivity index (χ4v) is 6.63. The van der Waals surface area contributed by atoms with Gasteiger partial charge in [-0.25, -0.2) is 12.4 Å². The molecule has 0 saturated carbocycles. The van der Waals surface area contributed by atoms with E-state index in [0.29, 0.717) is 35.1 Å². The van der Waals surface area contributed by atoms with Crippen molar-refractivity contribution in [3.8, 4) is 0 Å². The fraction of sp³-hybridized carbons (Fsp3) is 0.500. The Morgan fingerprint density at radius 2 is 1.72 bits per heavy atom. The molecule has 2 aromatic carbocycles. The Bertz CT molecular complexity index is 1480. The van der Waals surface area contributed by atoms with Gasteiger partial charge in [-0.2, -0.15) is 0 Å². The lowest BCUT2D eigenvalue weighted by atomic mass is 9.88. The van der Waals surface area contributed by atoms with Crippen molar-refractivity contribution < 1.29 is 23.1 Å². The lowest BCUT2D eigenvalue weighted by molar-refractivity contribution is -0.0598. The third kappa shape index (κ3) is 6.40. The topological polar surface area (TPSA) is 138 Å². The first-order chi connectivity index (χ1) is 17.9.